The Labute approximate surface area is 176 Å². The molecule has 2 atom stereocenters. The molecule has 3 nitrogen and oxygen atoms in total. The summed E-state index contributed by atoms with van der Waals surface area (Å²) in [5.74, 6) is -0.483. The van der Waals surface area contributed by atoms with Gasteiger partial charge in [0.25, 0.3) is 5.91 Å². The number of benzene rings is 2. The van der Waals surface area contributed by atoms with Gasteiger partial charge in [-0.05, 0) is 66.7 Å². The van der Waals surface area contributed by atoms with Crippen molar-refractivity contribution in [2.75, 3.05) is 13.6 Å². The minimum Gasteiger partial charge on any atom is -0.344 e. The third-order valence-electron chi connectivity index (χ3n) is 5.21. The molecule has 0 bridgehead atoms. The highest BCUT2D eigenvalue weighted by Gasteiger charge is 2.35. The van der Waals surface area contributed by atoms with Gasteiger partial charge in [-0.2, -0.15) is 13.2 Å². The predicted molar refractivity (Wildman–Crippen MR) is 111 cm³/mol. The molecular formula is C21H22F3IN2O. The number of nitrogens with one attached hydrogen (secondary N) is 1. The molecule has 1 saturated heterocycles. The van der Waals surface area contributed by atoms with Gasteiger partial charge in [-0.15, -0.1) is 0 Å². The summed E-state index contributed by atoms with van der Waals surface area (Å²) < 4.78 is 39.6. The summed E-state index contributed by atoms with van der Waals surface area (Å²) in [7, 11) is 2.03. The number of carbonyl (C=O) groups excluding carboxylic acids is 1. The van der Waals surface area contributed by atoms with Crippen molar-refractivity contribution in [2.45, 2.75) is 37.5 Å². The molecule has 1 aliphatic heterocycles. The third kappa shape index (κ3) is 4.68. The lowest BCUT2D eigenvalue weighted by molar-refractivity contribution is -0.138. The van der Waals surface area contributed by atoms with Crippen molar-refractivity contribution < 1.29 is 18.0 Å². The largest absolute Gasteiger partial charge is 0.417 e. The van der Waals surface area contributed by atoms with Gasteiger partial charge < -0.3 is 10.2 Å². The second-order valence-corrected chi connectivity index (χ2v) is 8.15. The van der Waals surface area contributed by atoms with Crippen LogP contribution in [0.4, 0.5) is 13.2 Å². The van der Waals surface area contributed by atoms with E-state index >= 15 is 0 Å². The number of hydrogen-bond acceptors (Lipinski definition) is 2. The molecule has 3 rings (SSSR count). The molecule has 0 aliphatic carbocycles. The fourth-order valence-electron chi connectivity index (χ4n) is 3.73. The maximum absolute atomic E-state index is 13.2. The maximum Gasteiger partial charge on any atom is 0.417 e. The molecule has 1 fully saturated rings. The molecule has 1 heterocycles. The smallest absolute Gasteiger partial charge is 0.344 e. The fourth-order valence-corrected chi connectivity index (χ4v) is 4.64. The van der Waals surface area contributed by atoms with Gasteiger partial charge in [0.05, 0.1) is 17.2 Å². The van der Waals surface area contributed by atoms with Crippen LogP contribution in [0.3, 0.4) is 0 Å². The van der Waals surface area contributed by atoms with Crippen LogP contribution in [0.5, 0.6) is 0 Å². The Morgan fingerprint density at radius 3 is 2.50 bits per heavy atom. The summed E-state index contributed by atoms with van der Waals surface area (Å²) in [5, 5.41) is 3.02. The molecule has 0 unspecified atom stereocenters. The number of amides is 1. The minimum atomic E-state index is -4.49. The van der Waals surface area contributed by atoms with Crippen molar-refractivity contribution in [1.29, 1.82) is 0 Å². The lowest BCUT2D eigenvalue weighted by atomic mass is 9.91. The van der Waals surface area contributed by atoms with E-state index in [1.807, 2.05) is 37.4 Å². The number of carbonyl (C=O) groups is 1. The van der Waals surface area contributed by atoms with Gasteiger partial charge >= 0.3 is 6.18 Å². The number of rotatable bonds is 4. The zero-order valence-electron chi connectivity index (χ0n) is 15.5. The van der Waals surface area contributed by atoms with E-state index in [9.17, 15) is 18.0 Å². The molecule has 1 aliphatic rings. The van der Waals surface area contributed by atoms with E-state index in [0.717, 1.165) is 37.4 Å². The lowest BCUT2D eigenvalue weighted by Gasteiger charge is -2.38. The zero-order chi connectivity index (χ0) is 20.3. The van der Waals surface area contributed by atoms with E-state index in [1.54, 1.807) is 22.6 Å². The van der Waals surface area contributed by atoms with Gasteiger partial charge in [0.2, 0.25) is 0 Å². The number of piperidine rings is 1. The number of hydrogen-bond donors (Lipinski definition) is 1. The van der Waals surface area contributed by atoms with Gasteiger partial charge in [0.15, 0.2) is 0 Å². The minimum absolute atomic E-state index is 0.0508. The van der Waals surface area contributed by atoms with Crippen LogP contribution in [0, 0.1) is 3.57 Å². The second-order valence-electron chi connectivity index (χ2n) is 7.07. The maximum atomic E-state index is 13.2. The standard InChI is InChI=1S/C21H22F3IN2O/c1-27-13-6-5-12-17(27)19(14-8-3-2-4-9-14)26-20(28)15-10-7-11-16(18(15)25)21(22,23)24/h2-4,7-11,17,19H,5-6,12-13H2,1H3,(H,26,28)/t17-,19-/m0/s1/i25-2. The van der Waals surface area contributed by atoms with Crippen LogP contribution in [-0.2, 0) is 6.18 Å². The molecule has 1 amide bonds. The van der Waals surface area contributed by atoms with Crippen LogP contribution >= 0.6 is 22.6 Å². The van der Waals surface area contributed by atoms with Crippen molar-refractivity contribution in [3.8, 4) is 0 Å². The summed E-state index contributed by atoms with van der Waals surface area (Å²) in [6, 6.07) is 13.2. The zero-order valence-corrected chi connectivity index (χ0v) is 17.6. The first-order valence-corrected chi connectivity index (χ1v) is 10.3. The number of halogens is 4. The van der Waals surface area contributed by atoms with E-state index in [0.29, 0.717) is 0 Å². The molecule has 0 radical (unpaired) electrons. The second kappa shape index (κ2) is 8.82. The first-order chi connectivity index (χ1) is 13.3. The molecule has 150 valence electrons. The monoisotopic (exact) mass is 500 g/mol. The summed E-state index contributed by atoms with van der Waals surface area (Å²) in [6.07, 6.45) is -1.39. The number of nitrogens with zero attached hydrogens (tertiary/aromatic N) is 1. The molecular weight excluding hydrogens is 478 g/mol. The number of likely N-dealkylation sites (N-methyl/N-ethyl adjacent to an activating group) is 1. The van der Waals surface area contributed by atoms with Crippen LogP contribution in [0.25, 0.3) is 0 Å². The summed E-state index contributed by atoms with van der Waals surface area (Å²) >= 11 is 1.61. The fraction of sp³-hybridized carbons (Fsp3) is 0.381. The topological polar surface area (TPSA) is 32.3 Å². The molecule has 0 saturated carbocycles. The summed E-state index contributed by atoms with van der Waals surface area (Å²) in [4.78, 5) is 15.2. The molecule has 2 aromatic rings. The van der Waals surface area contributed by atoms with Crippen molar-refractivity contribution in [1.82, 2.24) is 10.2 Å². The average Bonchev–Trinajstić information content (AvgIpc) is 2.66. The van der Waals surface area contributed by atoms with E-state index in [-0.39, 0.29) is 21.2 Å². The van der Waals surface area contributed by atoms with E-state index in [4.69, 9.17) is 0 Å². The molecule has 28 heavy (non-hydrogen) atoms. The normalized spacial score (nSPS) is 19.2. The van der Waals surface area contributed by atoms with E-state index < -0.39 is 17.6 Å². The van der Waals surface area contributed by atoms with Crippen molar-refractivity contribution in [2.24, 2.45) is 0 Å². The number of likely N-dealkylation sites (tertiary alicyclic amines) is 1. The summed E-state index contributed by atoms with van der Waals surface area (Å²) in [5.41, 5.74) is 0.221. The molecule has 1 N–H and O–H groups in total. The van der Waals surface area contributed by atoms with Gasteiger partial charge in [-0.25, -0.2) is 0 Å². The summed E-state index contributed by atoms with van der Waals surface area (Å²) in [6.45, 7) is 0.935. The Morgan fingerprint density at radius 1 is 1.14 bits per heavy atom. The van der Waals surface area contributed by atoms with Crippen LogP contribution in [0.2, 0.25) is 0 Å². The van der Waals surface area contributed by atoms with Crippen molar-refractivity contribution >= 4 is 28.5 Å². The Bertz CT molecular complexity index is 826. The van der Waals surface area contributed by atoms with Crippen LogP contribution < -0.4 is 5.32 Å². The van der Waals surface area contributed by atoms with Crippen molar-refractivity contribution in [3.05, 3.63) is 68.8 Å². The van der Waals surface area contributed by atoms with Gasteiger partial charge in [-0.1, -0.05) is 42.8 Å². The van der Waals surface area contributed by atoms with Gasteiger partial charge in [0, 0.05) is 9.61 Å². The average molecular weight is 500 g/mol. The molecule has 0 aromatic heterocycles. The predicted octanol–water partition coefficient (Wildman–Crippen LogP) is 5.27. The Kier molecular flexibility index (Phi) is 6.65. The first-order valence-electron chi connectivity index (χ1n) is 9.21. The van der Waals surface area contributed by atoms with E-state index in [2.05, 4.69) is 10.2 Å². The quantitative estimate of drug-likeness (QED) is 0.581. The Hall–Kier alpha value is -1.61. The van der Waals surface area contributed by atoms with E-state index in [1.165, 1.54) is 12.1 Å². The number of alkyl halides is 3. The van der Waals surface area contributed by atoms with Crippen LogP contribution in [-0.4, -0.2) is 30.4 Å². The highest BCUT2D eigenvalue weighted by molar-refractivity contribution is 14.1. The van der Waals surface area contributed by atoms with Gasteiger partial charge in [-0.3, -0.25) is 4.79 Å². The Morgan fingerprint density at radius 2 is 1.86 bits per heavy atom. The van der Waals surface area contributed by atoms with Crippen molar-refractivity contribution in [3.63, 3.8) is 0 Å². The highest BCUT2D eigenvalue weighted by Crippen LogP contribution is 2.34. The molecule has 7 heteroatoms. The van der Waals surface area contributed by atoms with Crippen LogP contribution in [0.15, 0.2) is 48.5 Å². The highest BCUT2D eigenvalue weighted by atomic mass is 125. The first kappa shape index (κ1) is 21.1. The molecule has 0 spiro atoms. The Balaban J connectivity index is 1.92. The third-order valence-corrected chi connectivity index (χ3v) is 6.37. The van der Waals surface area contributed by atoms with Crippen LogP contribution in [0.1, 0.15) is 46.8 Å². The lowest BCUT2D eigenvalue weighted by Crippen LogP contribution is -2.47. The SMILES string of the molecule is CN1CCCC[C@H]1[C@@H](NC(=O)c1cccc(C(F)(F)F)c1[125I])c1ccccc1. The molecule has 2 aromatic carbocycles. The van der Waals surface area contributed by atoms with Gasteiger partial charge in [0.1, 0.15) is 0 Å².